The number of benzene rings is 2. The molecule has 148 valence electrons. The van der Waals surface area contributed by atoms with Gasteiger partial charge in [-0.25, -0.2) is 16.8 Å². The highest BCUT2D eigenvalue weighted by Gasteiger charge is 2.34. The molecule has 0 heterocycles. The van der Waals surface area contributed by atoms with Crippen molar-refractivity contribution < 1.29 is 43.2 Å². The summed E-state index contributed by atoms with van der Waals surface area (Å²) in [5, 5.41) is 0. The second kappa shape index (κ2) is 6.80. The van der Waals surface area contributed by atoms with Gasteiger partial charge in [0.25, 0.3) is 20.0 Å². The fourth-order valence-corrected chi connectivity index (χ4v) is 4.92. The number of sulfonamides is 2. The number of nitrogens with one attached hydrogen (secondary N) is 1. The van der Waals surface area contributed by atoms with E-state index in [1.807, 2.05) is 0 Å². The maximum atomic E-state index is 12.7. The van der Waals surface area contributed by atoms with Crippen LogP contribution in [0.4, 0.5) is 26.3 Å². The van der Waals surface area contributed by atoms with Crippen LogP contribution < -0.4 is 4.13 Å². The van der Waals surface area contributed by atoms with Gasteiger partial charge in [-0.05, 0) is 36.4 Å². The molecule has 0 spiro atoms. The maximum absolute atomic E-state index is 12.7. The van der Waals surface area contributed by atoms with Crippen LogP contribution in [0.15, 0.2) is 58.3 Å². The first-order valence-electron chi connectivity index (χ1n) is 6.76. The van der Waals surface area contributed by atoms with E-state index in [-0.39, 0.29) is 12.1 Å². The molecule has 0 fully saturated rings. The molecule has 27 heavy (non-hydrogen) atoms. The highest BCUT2D eigenvalue weighted by atomic mass is 32.3. The van der Waals surface area contributed by atoms with Gasteiger partial charge in [-0.1, -0.05) is 12.1 Å². The third-order valence-corrected chi connectivity index (χ3v) is 6.67. The lowest BCUT2D eigenvalue weighted by Gasteiger charge is -2.12. The Morgan fingerprint density at radius 3 is 1.26 bits per heavy atom. The molecule has 1 N–H and O–H groups in total. The van der Waals surface area contributed by atoms with Gasteiger partial charge in [0.1, 0.15) is 0 Å². The SMILES string of the molecule is O=S(=O)(NS(=O)(=O)c1cccc(C(F)(F)F)c1)c1cccc(C(F)(F)F)c1. The maximum Gasteiger partial charge on any atom is 0.416 e. The van der Waals surface area contributed by atoms with Crippen LogP contribution in [0.2, 0.25) is 0 Å². The van der Waals surface area contributed by atoms with E-state index in [4.69, 9.17) is 0 Å². The van der Waals surface area contributed by atoms with Gasteiger partial charge < -0.3 is 0 Å². The van der Waals surface area contributed by atoms with Crippen molar-refractivity contribution >= 4 is 20.0 Å². The summed E-state index contributed by atoms with van der Waals surface area (Å²) in [6.07, 6.45) is -9.77. The lowest BCUT2D eigenvalue weighted by atomic mass is 10.2. The molecule has 13 heteroatoms. The van der Waals surface area contributed by atoms with Crippen molar-refractivity contribution in [3.05, 3.63) is 59.7 Å². The van der Waals surface area contributed by atoms with Crippen LogP contribution in [0.25, 0.3) is 0 Å². The number of hydrogen-bond acceptors (Lipinski definition) is 4. The fourth-order valence-electron chi connectivity index (χ4n) is 1.92. The summed E-state index contributed by atoms with van der Waals surface area (Å²) in [5.41, 5.74) is -2.69. The third-order valence-electron chi connectivity index (χ3n) is 3.16. The molecule has 0 aliphatic rings. The Morgan fingerprint density at radius 2 is 0.963 bits per heavy atom. The van der Waals surface area contributed by atoms with Crippen molar-refractivity contribution in [1.29, 1.82) is 0 Å². The van der Waals surface area contributed by atoms with E-state index < -0.39 is 53.3 Å². The third kappa shape index (κ3) is 4.99. The second-order valence-corrected chi connectivity index (χ2v) is 8.76. The molecule has 0 bridgehead atoms. The zero-order chi connectivity index (χ0) is 20.7. The zero-order valence-corrected chi connectivity index (χ0v) is 14.5. The van der Waals surface area contributed by atoms with Crippen molar-refractivity contribution in [2.24, 2.45) is 0 Å². The van der Waals surface area contributed by atoms with Crippen molar-refractivity contribution in [3.8, 4) is 0 Å². The molecule has 5 nitrogen and oxygen atoms in total. The summed E-state index contributed by atoms with van der Waals surface area (Å²) in [6, 6.07) is 4.44. The Labute approximate surface area is 149 Å². The number of halogens is 6. The average Bonchev–Trinajstić information content (AvgIpc) is 2.52. The highest BCUT2D eigenvalue weighted by molar-refractivity contribution is 8.04. The summed E-state index contributed by atoms with van der Waals surface area (Å²) >= 11 is 0. The molecule has 2 rings (SSSR count). The predicted octanol–water partition coefficient (Wildman–Crippen LogP) is 3.39. The molecule has 2 aromatic rings. The first-order valence-corrected chi connectivity index (χ1v) is 9.73. The minimum absolute atomic E-state index is 0.198. The van der Waals surface area contributed by atoms with E-state index in [9.17, 15) is 43.2 Å². The second-order valence-electron chi connectivity index (χ2n) is 5.14. The Morgan fingerprint density at radius 1 is 0.630 bits per heavy atom. The molecule has 0 saturated heterocycles. The smallest absolute Gasteiger partial charge is 0.206 e. The normalized spacial score (nSPS) is 13.6. The van der Waals surface area contributed by atoms with Crippen LogP contribution in [-0.4, -0.2) is 16.8 Å². The minimum Gasteiger partial charge on any atom is -0.206 e. The number of rotatable bonds is 4. The van der Waals surface area contributed by atoms with Crippen molar-refractivity contribution in [2.45, 2.75) is 22.1 Å². The van der Waals surface area contributed by atoms with Crippen LogP contribution in [0.1, 0.15) is 11.1 Å². The monoisotopic (exact) mass is 433 g/mol. The molecule has 0 aliphatic heterocycles. The lowest BCUT2D eigenvalue weighted by Crippen LogP contribution is -2.31. The first kappa shape index (κ1) is 21.2. The van der Waals surface area contributed by atoms with Crippen molar-refractivity contribution in [3.63, 3.8) is 0 Å². The fraction of sp³-hybridized carbons (Fsp3) is 0.143. The van der Waals surface area contributed by atoms with Gasteiger partial charge >= 0.3 is 12.4 Å². The molecule has 0 aromatic heterocycles. The predicted molar refractivity (Wildman–Crippen MR) is 80.4 cm³/mol. The first-order chi connectivity index (χ1) is 12.1. The van der Waals surface area contributed by atoms with Crippen LogP contribution in [0.5, 0.6) is 0 Å². The summed E-state index contributed by atoms with van der Waals surface area (Å²) in [5.74, 6) is 0. The zero-order valence-electron chi connectivity index (χ0n) is 12.8. The van der Waals surface area contributed by atoms with Gasteiger partial charge in [0.2, 0.25) is 0 Å². The number of alkyl halides is 6. The van der Waals surface area contributed by atoms with E-state index in [2.05, 4.69) is 0 Å². The van der Waals surface area contributed by atoms with Crippen LogP contribution in [-0.2, 0) is 32.4 Å². The molecule has 2 aromatic carbocycles. The van der Waals surface area contributed by atoms with Crippen LogP contribution in [0.3, 0.4) is 0 Å². The van der Waals surface area contributed by atoms with E-state index in [1.165, 1.54) is 0 Å². The Hall–Kier alpha value is -2.12. The van der Waals surface area contributed by atoms with Crippen molar-refractivity contribution in [2.75, 3.05) is 0 Å². The minimum atomic E-state index is -5.02. The van der Waals surface area contributed by atoms with Gasteiger partial charge in [0.05, 0.1) is 20.9 Å². The largest absolute Gasteiger partial charge is 0.416 e. The molecule has 0 saturated carbocycles. The van der Waals surface area contributed by atoms with Gasteiger partial charge in [-0.2, -0.15) is 26.3 Å². The summed E-state index contributed by atoms with van der Waals surface area (Å²) in [4.78, 5) is -2.04. The van der Waals surface area contributed by atoms with E-state index in [0.717, 1.165) is 16.3 Å². The number of hydrogen-bond donors (Lipinski definition) is 1. The summed E-state index contributed by atoms with van der Waals surface area (Å²) < 4.78 is 126. The molecule has 0 aliphatic carbocycles. The van der Waals surface area contributed by atoms with E-state index in [1.54, 1.807) is 0 Å². The molecule has 0 unspecified atom stereocenters. The van der Waals surface area contributed by atoms with Crippen molar-refractivity contribution in [1.82, 2.24) is 4.13 Å². The van der Waals surface area contributed by atoms with Gasteiger partial charge in [-0.15, -0.1) is 4.13 Å². The Balaban J connectivity index is 2.43. The molecule has 0 amide bonds. The van der Waals surface area contributed by atoms with E-state index in [0.29, 0.717) is 24.3 Å². The van der Waals surface area contributed by atoms with Gasteiger partial charge in [0.15, 0.2) is 0 Å². The molecule has 0 radical (unpaired) electrons. The standard InChI is InChI=1S/C14H9F6NO4S2/c15-13(16,17)9-3-1-5-11(7-9)26(22,23)21-27(24,25)12-6-2-4-10(8-12)14(18,19)20/h1-8,21H. The molecular formula is C14H9F6NO4S2. The van der Waals surface area contributed by atoms with E-state index >= 15 is 0 Å². The molecule has 0 atom stereocenters. The van der Waals surface area contributed by atoms with Crippen LogP contribution in [0, 0.1) is 0 Å². The quantitative estimate of drug-likeness (QED) is 0.750. The molecular weight excluding hydrogens is 424 g/mol. The van der Waals surface area contributed by atoms with Crippen LogP contribution >= 0.6 is 0 Å². The summed E-state index contributed by atoms with van der Waals surface area (Å²) in [7, 11) is -10.0. The summed E-state index contributed by atoms with van der Waals surface area (Å²) in [6.45, 7) is 0. The van der Waals surface area contributed by atoms with Gasteiger partial charge in [-0.3, -0.25) is 0 Å². The Kier molecular flexibility index (Phi) is 5.33. The lowest BCUT2D eigenvalue weighted by molar-refractivity contribution is -0.138. The van der Waals surface area contributed by atoms with Gasteiger partial charge in [0, 0.05) is 0 Å². The Bertz CT molecular complexity index is 974. The topological polar surface area (TPSA) is 80.3 Å². The average molecular weight is 433 g/mol. The highest BCUT2D eigenvalue weighted by Crippen LogP contribution is 2.32.